The maximum atomic E-state index is 12.9. The van der Waals surface area contributed by atoms with Gasteiger partial charge in [-0.05, 0) is 42.5 Å². The molecule has 2 aromatic heterocycles. The van der Waals surface area contributed by atoms with Gasteiger partial charge in [0, 0.05) is 22.2 Å². The summed E-state index contributed by atoms with van der Waals surface area (Å²) in [7, 11) is 0. The second kappa shape index (κ2) is 7.97. The smallest absolute Gasteiger partial charge is 0.252 e. The Balaban J connectivity index is 1.75. The molecular formula is C22H15Cl2N3O. The number of carbonyl (C=O) groups excluding carboxylic acids is 1. The maximum Gasteiger partial charge on any atom is 0.252 e. The largest absolute Gasteiger partial charge is 0.346 e. The Morgan fingerprint density at radius 2 is 1.79 bits per heavy atom. The first-order valence-corrected chi connectivity index (χ1v) is 9.41. The number of halogens is 2. The van der Waals surface area contributed by atoms with Crippen LogP contribution in [0.25, 0.3) is 22.2 Å². The Kier molecular flexibility index (Phi) is 5.24. The molecule has 0 unspecified atom stereocenters. The molecule has 0 aliphatic heterocycles. The van der Waals surface area contributed by atoms with E-state index in [4.69, 9.17) is 23.2 Å². The van der Waals surface area contributed by atoms with E-state index in [-0.39, 0.29) is 5.91 Å². The van der Waals surface area contributed by atoms with Gasteiger partial charge in [0.2, 0.25) is 0 Å². The highest BCUT2D eigenvalue weighted by Gasteiger charge is 2.15. The van der Waals surface area contributed by atoms with E-state index in [2.05, 4.69) is 15.3 Å². The van der Waals surface area contributed by atoms with Crippen LogP contribution in [0.5, 0.6) is 0 Å². The Morgan fingerprint density at radius 3 is 2.57 bits per heavy atom. The summed E-state index contributed by atoms with van der Waals surface area (Å²) in [4.78, 5) is 21.8. The molecule has 2 heterocycles. The third-order valence-electron chi connectivity index (χ3n) is 4.32. The standard InChI is InChI=1S/C22H15Cl2N3O/c23-14-8-9-17(19(24)11-14)21-12-18(16-6-1-2-7-20(16)27-21)22(28)26-13-15-5-3-4-10-25-15/h1-12H,13H2,(H,26,28). The fourth-order valence-electron chi connectivity index (χ4n) is 2.97. The highest BCUT2D eigenvalue weighted by atomic mass is 35.5. The third-order valence-corrected chi connectivity index (χ3v) is 4.87. The number of carbonyl (C=O) groups is 1. The minimum absolute atomic E-state index is 0.199. The first-order valence-electron chi connectivity index (χ1n) is 8.65. The number of para-hydroxylation sites is 1. The fourth-order valence-corrected chi connectivity index (χ4v) is 3.47. The quantitative estimate of drug-likeness (QED) is 0.483. The summed E-state index contributed by atoms with van der Waals surface area (Å²) in [5.41, 5.74) is 3.37. The van der Waals surface area contributed by atoms with Crippen molar-refractivity contribution in [1.29, 1.82) is 0 Å². The van der Waals surface area contributed by atoms with Crippen LogP contribution < -0.4 is 5.32 Å². The van der Waals surface area contributed by atoms with E-state index in [1.807, 2.05) is 42.5 Å². The van der Waals surface area contributed by atoms with Gasteiger partial charge in [0.25, 0.3) is 5.91 Å². The zero-order chi connectivity index (χ0) is 19.5. The molecule has 0 aliphatic rings. The lowest BCUT2D eigenvalue weighted by molar-refractivity contribution is 0.0952. The van der Waals surface area contributed by atoms with Crippen LogP contribution in [-0.4, -0.2) is 15.9 Å². The molecule has 138 valence electrons. The highest BCUT2D eigenvalue weighted by molar-refractivity contribution is 6.36. The first-order chi connectivity index (χ1) is 13.6. The van der Waals surface area contributed by atoms with Crippen molar-refractivity contribution in [1.82, 2.24) is 15.3 Å². The van der Waals surface area contributed by atoms with Gasteiger partial charge in [-0.1, -0.05) is 47.5 Å². The molecule has 0 saturated carbocycles. The Bertz CT molecular complexity index is 1160. The molecule has 0 atom stereocenters. The number of pyridine rings is 2. The van der Waals surface area contributed by atoms with Crippen LogP contribution >= 0.6 is 23.2 Å². The topological polar surface area (TPSA) is 54.9 Å². The summed E-state index contributed by atoms with van der Waals surface area (Å²) in [6.07, 6.45) is 1.70. The lowest BCUT2D eigenvalue weighted by Crippen LogP contribution is -2.23. The van der Waals surface area contributed by atoms with Gasteiger partial charge < -0.3 is 5.32 Å². The molecule has 0 bridgehead atoms. The molecule has 0 aliphatic carbocycles. The van der Waals surface area contributed by atoms with E-state index in [1.165, 1.54) is 0 Å². The van der Waals surface area contributed by atoms with Gasteiger partial charge in [0.1, 0.15) is 0 Å². The van der Waals surface area contributed by atoms with Crippen LogP contribution in [0.4, 0.5) is 0 Å². The monoisotopic (exact) mass is 407 g/mol. The molecule has 0 fully saturated rings. The molecule has 4 rings (SSSR count). The summed E-state index contributed by atoms with van der Waals surface area (Å²) in [6.45, 7) is 0.341. The Morgan fingerprint density at radius 1 is 0.964 bits per heavy atom. The number of hydrogen-bond acceptors (Lipinski definition) is 3. The average Bonchev–Trinajstić information content (AvgIpc) is 2.72. The predicted octanol–water partition coefficient (Wildman–Crippen LogP) is 5.53. The number of nitrogens with one attached hydrogen (secondary N) is 1. The number of fused-ring (bicyclic) bond motifs is 1. The van der Waals surface area contributed by atoms with Crippen LogP contribution in [-0.2, 0) is 6.54 Å². The van der Waals surface area contributed by atoms with Crippen LogP contribution in [0.1, 0.15) is 16.1 Å². The third kappa shape index (κ3) is 3.84. The van der Waals surface area contributed by atoms with Crippen LogP contribution in [0.15, 0.2) is 72.9 Å². The van der Waals surface area contributed by atoms with Crippen molar-refractivity contribution in [2.75, 3.05) is 0 Å². The van der Waals surface area contributed by atoms with Crippen molar-refractivity contribution in [2.45, 2.75) is 6.54 Å². The molecule has 28 heavy (non-hydrogen) atoms. The average molecular weight is 408 g/mol. The minimum Gasteiger partial charge on any atom is -0.346 e. The summed E-state index contributed by atoms with van der Waals surface area (Å²) in [6, 6.07) is 20.1. The van der Waals surface area contributed by atoms with Crippen molar-refractivity contribution in [2.24, 2.45) is 0 Å². The SMILES string of the molecule is O=C(NCc1ccccn1)c1cc(-c2ccc(Cl)cc2Cl)nc2ccccc12. The van der Waals surface area contributed by atoms with Gasteiger partial charge in [0.05, 0.1) is 34.0 Å². The van der Waals surface area contributed by atoms with Gasteiger partial charge in [0.15, 0.2) is 0 Å². The maximum absolute atomic E-state index is 12.9. The summed E-state index contributed by atoms with van der Waals surface area (Å²) < 4.78 is 0. The zero-order valence-corrected chi connectivity index (χ0v) is 16.2. The van der Waals surface area contributed by atoms with E-state index >= 15 is 0 Å². The summed E-state index contributed by atoms with van der Waals surface area (Å²) in [5.74, 6) is -0.199. The van der Waals surface area contributed by atoms with Gasteiger partial charge >= 0.3 is 0 Å². The van der Waals surface area contributed by atoms with Gasteiger partial charge in [-0.3, -0.25) is 9.78 Å². The van der Waals surface area contributed by atoms with E-state index in [0.29, 0.717) is 33.4 Å². The van der Waals surface area contributed by atoms with Gasteiger partial charge in [-0.15, -0.1) is 0 Å². The lowest BCUT2D eigenvalue weighted by atomic mass is 10.0. The number of benzene rings is 2. The molecule has 6 heteroatoms. The normalized spacial score (nSPS) is 10.8. The molecule has 4 aromatic rings. The number of hydrogen-bond donors (Lipinski definition) is 1. The summed E-state index contributed by atoms with van der Waals surface area (Å²) >= 11 is 12.4. The van der Waals surface area contributed by atoms with E-state index in [0.717, 1.165) is 16.6 Å². The first kappa shape index (κ1) is 18.4. The van der Waals surface area contributed by atoms with Crippen molar-refractivity contribution >= 4 is 40.0 Å². The predicted molar refractivity (Wildman–Crippen MR) is 113 cm³/mol. The molecule has 2 aromatic carbocycles. The van der Waals surface area contributed by atoms with Crippen LogP contribution in [0, 0.1) is 0 Å². The van der Waals surface area contributed by atoms with E-state index in [1.54, 1.807) is 30.5 Å². The molecule has 1 N–H and O–H groups in total. The molecule has 0 spiro atoms. The number of amides is 1. The van der Waals surface area contributed by atoms with Crippen molar-refractivity contribution < 1.29 is 4.79 Å². The van der Waals surface area contributed by atoms with Crippen molar-refractivity contribution in [3.63, 3.8) is 0 Å². The highest BCUT2D eigenvalue weighted by Crippen LogP contribution is 2.31. The lowest BCUT2D eigenvalue weighted by Gasteiger charge is -2.11. The number of aromatic nitrogens is 2. The Labute approximate surface area is 172 Å². The van der Waals surface area contributed by atoms with Crippen molar-refractivity contribution in [3.05, 3.63) is 94.2 Å². The van der Waals surface area contributed by atoms with Crippen LogP contribution in [0.2, 0.25) is 10.0 Å². The summed E-state index contributed by atoms with van der Waals surface area (Å²) in [5, 5.41) is 4.73. The van der Waals surface area contributed by atoms with Crippen LogP contribution in [0.3, 0.4) is 0 Å². The second-order valence-electron chi connectivity index (χ2n) is 6.20. The number of nitrogens with zero attached hydrogens (tertiary/aromatic N) is 2. The molecule has 0 saturated heterocycles. The van der Waals surface area contributed by atoms with Crippen molar-refractivity contribution in [3.8, 4) is 11.3 Å². The minimum atomic E-state index is -0.199. The van der Waals surface area contributed by atoms with Gasteiger partial charge in [-0.25, -0.2) is 4.98 Å². The molecule has 1 amide bonds. The van der Waals surface area contributed by atoms with E-state index in [9.17, 15) is 4.79 Å². The van der Waals surface area contributed by atoms with Gasteiger partial charge in [-0.2, -0.15) is 0 Å². The molecule has 4 nitrogen and oxygen atoms in total. The molecular weight excluding hydrogens is 393 g/mol. The second-order valence-corrected chi connectivity index (χ2v) is 7.04. The zero-order valence-electron chi connectivity index (χ0n) is 14.7. The fraction of sp³-hybridized carbons (Fsp3) is 0.0455. The van der Waals surface area contributed by atoms with E-state index < -0.39 is 0 Å². The number of rotatable bonds is 4. The Hall–Kier alpha value is -2.95. The molecule has 0 radical (unpaired) electrons.